The van der Waals surface area contributed by atoms with Gasteiger partial charge in [-0.15, -0.1) is 0 Å². The monoisotopic (exact) mass is 420 g/mol. The minimum absolute atomic E-state index is 0.0874. The zero-order chi connectivity index (χ0) is 22.1. The molecule has 0 atom stereocenters. The lowest BCUT2D eigenvalue weighted by Gasteiger charge is -2.17. The molecule has 0 unspecified atom stereocenters. The van der Waals surface area contributed by atoms with Gasteiger partial charge in [0.15, 0.2) is 0 Å². The summed E-state index contributed by atoms with van der Waals surface area (Å²) in [6, 6.07) is 13.7. The van der Waals surface area contributed by atoms with Crippen molar-refractivity contribution in [1.82, 2.24) is 5.32 Å². The van der Waals surface area contributed by atoms with Crippen LogP contribution in [0.25, 0.3) is 0 Å². The molecule has 2 aromatic carbocycles. The number of amides is 2. The van der Waals surface area contributed by atoms with Crippen LogP contribution in [0.3, 0.4) is 0 Å². The van der Waals surface area contributed by atoms with Crippen molar-refractivity contribution in [2.24, 2.45) is 5.92 Å². The molecule has 6 nitrogen and oxygen atoms in total. The molecule has 0 spiro atoms. The second kappa shape index (κ2) is 11.1. The number of carbonyl (C=O) groups is 3. The maximum atomic E-state index is 12.4. The van der Waals surface area contributed by atoms with Crippen LogP contribution in [0.15, 0.2) is 60.7 Å². The number of benzene rings is 2. The standard InChI is InChI=1S/C25H28N2O4/c1-18(28)31-23-9-5-8-21(16-23)25(30)27-22-13-10-20(11-14-22)17-26-24(29)15-12-19-6-3-2-4-7-19/h5,8-16,19H,2-4,6-7,17H2,1H3,(H,26,29)(H,27,30)/b15-12+. The van der Waals surface area contributed by atoms with Gasteiger partial charge in [0.25, 0.3) is 5.91 Å². The highest BCUT2D eigenvalue weighted by Gasteiger charge is 2.11. The maximum Gasteiger partial charge on any atom is 0.308 e. The quantitative estimate of drug-likeness (QED) is 0.389. The Morgan fingerprint density at radius 1 is 1.03 bits per heavy atom. The number of hydrogen-bond donors (Lipinski definition) is 2. The fraction of sp³-hybridized carbons (Fsp3) is 0.320. The average Bonchev–Trinajstić information content (AvgIpc) is 2.77. The highest BCUT2D eigenvalue weighted by molar-refractivity contribution is 6.04. The molecule has 2 N–H and O–H groups in total. The van der Waals surface area contributed by atoms with E-state index in [-0.39, 0.29) is 11.8 Å². The lowest BCUT2D eigenvalue weighted by Crippen LogP contribution is -2.20. The molecule has 6 heteroatoms. The normalized spacial score (nSPS) is 14.2. The lowest BCUT2D eigenvalue weighted by molar-refractivity contribution is -0.131. The fourth-order valence-corrected chi connectivity index (χ4v) is 3.57. The van der Waals surface area contributed by atoms with E-state index < -0.39 is 5.97 Å². The highest BCUT2D eigenvalue weighted by Crippen LogP contribution is 2.24. The van der Waals surface area contributed by atoms with Crippen LogP contribution in [-0.4, -0.2) is 17.8 Å². The van der Waals surface area contributed by atoms with Crippen molar-refractivity contribution < 1.29 is 19.1 Å². The van der Waals surface area contributed by atoms with Crippen LogP contribution in [-0.2, 0) is 16.1 Å². The van der Waals surface area contributed by atoms with E-state index in [9.17, 15) is 14.4 Å². The SMILES string of the molecule is CC(=O)Oc1cccc(C(=O)Nc2ccc(CNC(=O)/C=C/C3CCCCC3)cc2)c1. The Morgan fingerprint density at radius 3 is 2.48 bits per heavy atom. The van der Waals surface area contributed by atoms with E-state index in [0.717, 1.165) is 5.56 Å². The Bertz CT molecular complexity index is 944. The molecule has 1 fully saturated rings. The molecule has 0 saturated heterocycles. The van der Waals surface area contributed by atoms with Crippen LogP contribution in [0.2, 0.25) is 0 Å². The van der Waals surface area contributed by atoms with Gasteiger partial charge in [-0.1, -0.05) is 43.5 Å². The molecule has 0 radical (unpaired) electrons. The molecule has 0 aliphatic heterocycles. The number of hydrogen-bond acceptors (Lipinski definition) is 4. The van der Waals surface area contributed by atoms with Crippen LogP contribution < -0.4 is 15.4 Å². The largest absolute Gasteiger partial charge is 0.427 e. The minimum Gasteiger partial charge on any atom is -0.427 e. The van der Waals surface area contributed by atoms with E-state index in [0.29, 0.717) is 29.5 Å². The average molecular weight is 421 g/mol. The molecule has 1 aliphatic carbocycles. The molecule has 162 valence electrons. The van der Waals surface area contributed by atoms with Crippen LogP contribution in [0.4, 0.5) is 5.69 Å². The van der Waals surface area contributed by atoms with Gasteiger partial charge >= 0.3 is 5.97 Å². The molecule has 0 bridgehead atoms. The Morgan fingerprint density at radius 2 is 1.77 bits per heavy atom. The summed E-state index contributed by atoms with van der Waals surface area (Å²) in [4.78, 5) is 35.5. The summed E-state index contributed by atoms with van der Waals surface area (Å²) < 4.78 is 5.01. The molecule has 3 rings (SSSR count). The lowest BCUT2D eigenvalue weighted by atomic mass is 9.89. The van der Waals surface area contributed by atoms with Crippen LogP contribution in [0, 0.1) is 5.92 Å². The van der Waals surface area contributed by atoms with Gasteiger partial charge in [-0.2, -0.15) is 0 Å². The molecular weight excluding hydrogens is 392 g/mol. The molecule has 0 heterocycles. The molecule has 1 saturated carbocycles. The summed E-state index contributed by atoms with van der Waals surface area (Å²) in [6.07, 6.45) is 9.82. The van der Waals surface area contributed by atoms with Crippen molar-refractivity contribution in [2.45, 2.75) is 45.6 Å². The number of nitrogens with one attached hydrogen (secondary N) is 2. The van der Waals surface area contributed by atoms with E-state index in [1.807, 2.05) is 18.2 Å². The van der Waals surface area contributed by atoms with Crippen molar-refractivity contribution in [3.8, 4) is 5.75 Å². The highest BCUT2D eigenvalue weighted by atomic mass is 16.5. The van der Waals surface area contributed by atoms with Crippen LogP contribution in [0.1, 0.15) is 54.9 Å². The summed E-state index contributed by atoms with van der Waals surface area (Å²) in [5, 5.41) is 5.70. The maximum absolute atomic E-state index is 12.4. The van der Waals surface area contributed by atoms with Crippen molar-refractivity contribution in [1.29, 1.82) is 0 Å². The summed E-state index contributed by atoms with van der Waals surface area (Å²) in [7, 11) is 0. The first-order valence-corrected chi connectivity index (χ1v) is 10.6. The first kappa shape index (κ1) is 22.3. The van der Waals surface area contributed by atoms with E-state index in [2.05, 4.69) is 10.6 Å². The van der Waals surface area contributed by atoms with Crippen molar-refractivity contribution in [2.75, 3.05) is 5.32 Å². The summed E-state index contributed by atoms with van der Waals surface area (Å²) in [5.74, 6) is 0.0177. The van der Waals surface area contributed by atoms with Gasteiger partial charge in [-0.05, 0) is 60.7 Å². The number of ether oxygens (including phenoxy) is 1. The molecule has 31 heavy (non-hydrogen) atoms. The van der Waals surface area contributed by atoms with Gasteiger partial charge in [-0.3, -0.25) is 14.4 Å². The van der Waals surface area contributed by atoms with Crippen molar-refractivity contribution in [3.63, 3.8) is 0 Å². The molecular formula is C25H28N2O4. The summed E-state index contributed by atoms with van der Waals surface area (Å²) in [5.41, 5.74) is 1.96. The fourth-order valence-electron chi connectivity index (χ4n) is 3.57. The zero-order valence-corrected chi connectivity index (χ0v) is 17.7. The zero-order valence-electron chi connectivity index (χ0n) is 17.7. The third kappa shape index (κ3) is 7.41. The molecule has 2 aromatic rings. The van der Waals surface area contributed by atoms with Crippen LogP contribution in [0.5, 0.6) is 5.75 Å². The van der Waals surface area contributed by atoms with E-state index in [1.165, 1.54) is 45.1 Å². The van der Waals surface area contributed by atoms with Gasteiger partial charge in [0.2, 0.25) is 5.91 Å². The van der Waals surface area contributed by atoms with Crippen molar-refractivity contribution >= 4 is 23.5 Å². The van der Waals surface area contributed by atoms with Gasteiger partial charge in [0, 0.05) is 24.7 Å². The minimum atomic E-state index is -0.440. The second-order valence-corrected chi connectivity index (χ2v) is 7.75. The first-order valence-electron chi connectivity index (χ1n) is 10.6. The smallest absolute Gasteiger partial charge is 0.308 e. The van der Waals surface area contributed by atoms with Gasteiger partial charge in [-0.25, -0.2) is 0 Å². The predicted molar refractivity (Wildman–Crippen MR) is 120 cm³/mol. The third-order valence-electron chi connectivity index (χ3n) is 5.21. The van der Waals surface area contributed by atoms with Gasteiger partial charge in [0.1, 0.15) is 5.75 Å². The molecule has 0 aromatic heterocycles. The Hall–Kier alpha value is -3.41. The topological polar surface area (TPSA) is 84.5 Å². The Kier molecular flexibility index (Phi) is 7.98. The third-order valence-corrected chi connectivity index (χ3v) is 5.21. The number of rotatable bonds is 7. The van der Waals surface area contributed by atoms with E-state index in [4.69, 9.17) is 4.74 Å². The number of anilines is 1. The number of carbonyl (C=O) groups excluding carboxylic acids is 3. The van der Waals surface area contributed by atoms with Gasteiger partial charge in [0.05, 0.1) is 0 Å². The van der Waals surface area contributed by atoms with Crippen LogP contribution >= 0.6 is 0 Å². The summed E-state index contributed by atoms with van der Waals surface area (Å²) >= 11 is 0. The Balaban J connectivity index is 1.48. The second-order valence-electron chi connectivity index (χ2n) is 7.75. The van der Waals surface area contributed by atoms with Crippen molar-refractivity contribution in [3.05, 3.63) is 71.8 Å². The molecule has 2 amide bonds. The first-order chi connectivity index (χ1) is 15.0. The predicted octanol–water partition coefficient (Wildman–Crippen LogP) is 4.62. The number of esters is 1. The molecule has 1 aliphatic rings. The summed E-state index contributed by atoms with van der Waals surface area (Å²) in [6.45, 7) is 1.73. The Labute approximate surface area is 182 Å². The van der Waals surface area contributed by atoms with Gasteiger partial charge < -0.3 is 15.4 Å². The van der Waals surface area contributed by atoms with E-state index in [1.54, 1.807) is 36.4 Å². The number of allylic oxidation sites excluding steroid dienone is 1. The van der Waals surface area contributed by atoms with E-state index >= 15 is 0 Å².